The normalized spacial score (nSPS) is 10.3. The maximum Gasteiger partial charge on any atom is 0.258 e. The molecule has 1 amide bonds. The summed E-state index contributed by atoms with van der Waals surface area (Å²) in [6.45, 7) is 1.13. The SMILES string of the molecule is COCCNc1ncc(C(=O)Nc2ccc(Cl)cc2Cl)cn1. The van der Waals surface area contributed by atoms with Crippen molar-refractivity contribution in [2.45, 2.75) is 0 Å². The van der Waals surface area contributed by atoms with Crippen LogP contribution in [0.2, 0.25) is 10.0 Å². The van der Waals surface area contributed by atoms with Crippen LogP contribution < -0.4 is 10.6 Å². The minimum Gasteiger partial charge on any atom is -0.383 e. The molecular formula is C14H14Cl2N4O2. The Morgan fingerprint density at radius 1 is 1.27 bits per heavy atom. The Labute approximate surface area is 137 Å². The molecule has 1 heterocycles. The fraction of sp³-hybridized carbons (Fsp3) is 0.214. The van der Waals surface area contributed by atoms with Gasteiger partial charge in [0.05, 0.1) is 22.9 Å². The quantitative estimate of drug-likeness (QED) is 0.790. The molecule has 0 atom stereocenters. The Bertz CT molecular complexity index is 650. The van der Waals surface area contributed by atoms with Gasteiger partial charge in [0.15, 0.2) is 0 Å². The van der Waals surface area contributed by atoms with E-state index in [1.807, 2.05) is 0 Å². The first-order valence-corrected chi connectivity index (χ1v) is 7.17. The van der Waals surface area contributed by atoms with Crippen molar-refractivity contribution in [2.24, 2.45) is 0 Å². The molecule has 116 valence electrons. The monoisotopic (exact) mass is 340 g/mol. The highest BCUT2D eigenvalue weighted by molar-refractivity contribution is 6.36. The number of aromatic nitrogens is 2. The molecule has 0 aliphatic heterocycles. The number of amides is 1. The molecule has 6 nitrogen and oxygen atoms in total. The van der Waals surface area contributed by atoms with Gasteiger partial charge in [-0.25, -0.2) is 9.97 Å². The molecule has 0 spiro atoms. The summed E-state index contributed by atoms with van der Waals surface area (Å²) >= 11 is 11.8. The second kappa shape index (κ2) is 7.93. The van der Waals surface area contributed by atoms with Crippen LogP contribution in [0.1, 0.15) is 10.4 Å². The van der Waals surface area contributed by atoms with Crippen molar-refractivity contribution >= 4 is 40.7 Å². The molecule has 0 fully saturated rings. The van der Waals surface area contributed by atoms with E-state index in [4.69, 9.17) is 27.9 Å². The van der Waals surface area contributed by atoms with Gasteiger partial charge < -0.3 is 15.4 Å². The van der Waals surface area contributed by atoms with Gasteiger partial charge in [0, 0.05) is 31.1 Å². The van der Waals surface area contributed by atoms with Gasteiger partial charge >= 0.3 is 0 Å². The molecule has 8 heteroatoms. The molecule has 22 heavy (non-hydrogen) atoms. The van der Waals surface area contributed by atoms with Crippen LogP contribution in [-0.4, -0.2) is 36.1 Å². The van der Waals surface area contributed by atoms with Crippen LogP contribution in [0.4, 0.5) is 11.6 Å². The number of nitrogens with one attached hydrogen (secondary N) is 2. The lowest BCUT2D eigenvalue weighted by Gasteiger charge is -2.08. The van der Waals surface area contributed by atoms with Gasteiger partial charge in [-0.2, -0.15) is 0 Å². The fourth-order valence-electron chi connectivity index (χ4n) is 1.59. The van der Waals surface area contributed by atoms with Gasteiger partial charge in [-0.15, -0.1) is 0 Å². The van der Waals surface area contributed by atoms with Crippen LogP contribution in [-0.2, 0) is 4.74 Å². The van der Waals surface area contributed by atoms with E-state index >= 15 is 0 Å². The summed E-state index contributed by atoms with van der Waals surface area (Å²) in [6, 6.07) is 4.82. The molecule has 0 unspecified atom stereocenters. The van der Waals surface area contributed by atoms with E-state index in [-0.39, 0.29) is 5.91 Å². The Balaban J connectivity index is 2.00. The van der Waals surface area contributed by atoms with E-state index < -0.39 is 0 Å². The zero-order valence-electron chi connectivity index (χ0n) is 11.8. The van der Waals surface area contributed by atoms with Crippen LogP contribution in [0.5, 0.6) is 0 Å². The van der Waals surface area contributed by atoms with E-state index in [2.05, 4.69) is 20.6 Å². The Kier molecular flexibility index (Phi) is 5.94. The van der Waals surface area contributed by atoms with Gasteiger partial charge in [-0.05, 0) is 18.2 Å². The number of nitrogens with zero attached hydrogens (tertiary/aromatic N) is 2. The maximum atomic E-state index is 12.1. The third kappa shape index (κ3) is 4.56. The number of ether oxygens (including phenoxy) is 1. The highest BCUT2D eigenvalue weighted by Gasteiger charge is 2.10. The zero-order chi connectivity index (χ0) is 15.9. The average molecular weight is 341 g/mol. The lowest BCUT2D eigenvalue weighted by molar-refractivity contribution is 0.102. The van der Waals surface area contributed by atoms with Gasteiger partial charge in [0.1, 0.15) is 0 Å². The first-order valence-electron chi connectivity index (χ1n) is 6.41. The minimum absolute atomic E-state index is 0.323. The Hall–Kier alpha value is -1.89. The molecule has 2 N–H and O–H groups in total. The van der Waals surface area contributed by atoms with Crippen molar-refractivity contribution in [1.82, 2.24) is 9.97 Å². The summed E-state index contributed by atoms with van der Waals surface area (Å²) in [6.07, 6.45) is 2.86. The zero-order valence-corrected chi connectivity index (χ0v) is 13.3. The molecular weight excluding hydrogens is 327 g/mol. The second-order valence-corrected chi connectivity index (χ2v) is 5.14. The predicted molar refractivity (Wildman–Crippen MR) is 86.8 cm³/mol. The fourth-order valence-corrected chi connectivity index (χ4v) is 2.04. The number of carbonyl (C=O) groups excluding carboxylic acids is 1. The van der Waals surface area contributed by atoms with Gasteiger partial charge in [0.25, 0.3) is 5.91 Å². The number of carbonyl (C=O) groups is 1. The molecule has 0 aliphatic rings. The minimum atomic E-state index is -0.354. The van der Waals surface area contributed by atoms with Crippen LogP contribution >= 0.6 is 23.2 Å². The molecule has 0 bridgehead atoms. The number of benzene rings is 1. The number of hydrogen-bond acceptors (Lipinski definition) is 5. The third-order valence-corrected chi connectivity index (χ3v) is 3.23. The maximum absolute atomic E-state index is 12.1. The van der Waals surface area contributed by atoms with Gasteiger partial charge in [-0.1, -0.05) is 23.2 Å². The Morgan fingerprint density at radius 2 is 2.00 bits per heavy atom. The lowest BCUT2D eigenvalue weighted by Crippen LogP contribution is -2.14. The van der Waals surface area contributed by atoms with Gasteiger partial charge in [0.2, 0.25) is 5.95 Å². The van der Waals surface area contributed by atoms with Crippen LogP contribution in [0.3, 0.4) is 0 Å². The molecule has 0 saturated carbocycles. The van der Waals surface area contributed by atoms with E-state index in [9.17, 15) is 4.79 Å². The van der Waals surface area contributed by atoms with Crippen LogP contribution in [0.15, 0.2) is 30.6 Å². The second-order valence-electron chi connectivity index (χ2n) is 4.29. The van der Waals surface area contributed by atoms with E-state index in [0.29, 0.717) is 40.4 Å². The molecule has 1 aromatic carbocycles. The number of halogens is 2. The summed E-state index contributed by atoms with van der Waals surface area (Å²) in [7, 11) is 1.61. The molecule has 1 aromatic heterocycles. The molecule has 0 radical (unpaired) electrons. The van der Waals surface area contributed by atoms with E-state index in [0.717, 1.165) is 0 Å². The Morgan fingerprint density at radius 3 is 2.64 bits per heavy atom. The summed E-state index contributed by atoms with van der Waals surface area (Å²) in [5.41, 5.74) is 0.793. The highest BCUT2D eigenvalue weighted by atomic mass is 35.5. The van der Waals surface area contributed by atoms with Crippen molar-refractivity contribution in [2.75, 3.05) is 30.9 Å². The van der Waals surface area contributed by atoms with E-state index in [1.165, 1.54) is 12.4 Å². The van der Waals surface area contributed by atoms with Crippen molar-refractivity contribution in [3.63, 3.8) is 0 Å². The summed E-state index contributed by atoms with van der Waals surface area (Å²) < 4.78 is 4.91. The summed E-state index contributed by atoms with van der Waals surface area (Å²) in [4.78, 5) is 20.2. The van der Waals surface area contributed by atoms with Crippen molar-refractivity contribution in [3.8, 4) is 0 Å². The van der Waals surface area contributed by atoms with E-state index in [1.54, 1.807) is 25.3 Å². The van der Waals surface area contributed by atoms with Crippen molar-refractivity contribution in [3.05, 3.63) is 46.2 Å². The molecule has 0 saturated heterocycles. The smallest absolute Gasteiger partial charge is 0.258 e. The van der Waals surface area contributed by atoms with Crippen LogP contribution in [0.25, 0.3) is 0 Å². The number of rotatable bonds is 6. The van der Waals surface area contributed by atoms with Crippen molar-refractivity contribution < 1.29 is 9.53 Å². The number of hydrogen-bond donors (Lipinski definition) is 2. The predicted octanol–water partition coefficient (Wildman–Crippen LogP) is 3.09. The highest BCUT2D eigenvalue weighted by Crippen LogP contribution is 2.25. The van der Waals surface area contributed by atoms with Gasteiger partial charge in [-0.3, -0.25) is 4.79 Å². The molecule has 2 aromatic rings. The molecule has 0 aliphatic carbocycles. The first-order chi connectivity index (χ1) is 10.6. The number of methoxy groups -OCH3 is 1. The summed E-state index contributed by atoms with van der Waals surface area (Å²) in [5, 5.41) is 6.50. The standard InChI is InChI=1S/C14H14Cl2N4O2/c1-22-5-4-17-14-18-7-9(8-19-14)13(21)20-12-3-2-10(15)6-11(12)16/h2-3,6-8H,4-5H2,1H3,(H,20,21)(H,17,18,19). The largest absolute Gasteiger partial charge is 0.383 e. The number of anilines is 2. The third-order valence-electron chi connectivity index (χ3n) is 2.68. The lowest BCUT2D eigenvalue weighted by atomic mass is 10.2. The topological polar surface area (TPSA) is 76.1 Å². The van der Waals surface area contributed by atoms with Crippen LogP contribution in [0, 0.1) is 0 Å². The average Bonchev–Trinajstić information content (AvgIpc) is 2.51. The summed E-state index contributed by atoms with van der Waals surface area (Å²) in [5.74, 6) is 0.0748. The molecule has 2 rings (SSSR count). The van der Waals surface area contributed by atoms with Crippen molar-refractivity contribution in [1.29, 1.82) is 0 Å². The first kappa shape index (κ1) is 16.5.